The van der Waals surface area contributed by atoms with E-state index >= 15 is 0 Å². The lowest BCUT2D eigenvalue weighted by Crippen LogP contribution is -2.24. The quantitative estimate of drug-likeness (QED) is 0.799. The third-order valence-electron chi connectivity index (χ3n) is 3.44. The summed E-state index contributed by atoms with van der Waals surface area (Å²) < 4.78 is 0. The van der Waals surface area contributed by atoms with Gasteiger partial charge in [0.25, 0.3) is 0 Å². The summed E-state index contributed by atoms with van der Waals surface area (Å²) in [4.78, 5) is 16.8. The minimum absolute atomic E-state index is 0.0773. The molecule has 2 aromatic rings. The van der Waals surface area contributed by atoms with Gasteiger partial charge in [-0.1, -0.05) is 6.07 Å². The molecule has 1 aromatic heterocycles. The molecule has 1 saturated heterocycles. The van der Waals surface area contributed by atoms with Crippen LogP contribution in [0.4, 0.5) is 0 Å². The fourth-order valence-electron chi connectivity index (χ4n) is 2.46. The molecular weight excluding hydrogens is 224 g/mol. The Labute approximate surface area is 106 Å². The molecule has 1 fully saturated rings. The van der Waals surface area contributed by atoms with Crippen LogP contribution in [0.25, 0.3) is 10.9 Å². The van der Waals surface area contributed by atoms with Gasteiger partial charge in [0.2, 0.25) is 5.91 Å². The van der Waals surface area contributed by atoms with Gasteiger partial charge in [0, 0.05) is 37.1 Å². The zero-order valence-electron chi connectivity index (χ0n) is 10.0. The first-order chi connectivity index (χ1) is 8.76. The van der Waals surface area contributed by atoms with E-state index in [2.05, 4.69) is 23.0 Å². The number of H-pyrrole nitrogens is 1. The minimum atomic E-state index is 0.0773. The highest BCUT2D eigenvalue weighted by atomic mass is 16.2. The van der Waals surface area contributed by atoms with Gasteiger partial charge in [-0.05, 0) is 29.1 Å². The molecule has 90 valence electrons. The number of rotatable bonds is 2. The molecule has 0 aliphatic carbocycles. The molecule has 1 unspecified atom stereocenters. The van der Waals surface area contributed by atoms with E-state index in [9.17, 15) is 4.79 Å². The van der Waals surface area contributed by atoms with Crippen molar-refractivity contribution in [2.45, 2.75) is 13.0 Å². The lowest BCUT2D eigenvalue weighted by molar-refractivity contribution is -0.128. The molecule has 0 radical (unpaired) electrons. The highest BCUT2D eigenvalue weighted by Crippen LogP contribution is 2.21. The topological polar surface area (TPSA) is 36.1 Å². The van der Waals surface area contributed by atoms with Gasteiger partial charge in [0.15, 0.2) is 0 Å². The third kappa shape index (κ3) is 1.86. The van der Waals surface area contributed by atoms with Crippen LogP contribution in [0.15, 0.2) is 30.5 Å². The summed E-state index contributed by atoms with van der Waals surface area (Å²) in [6.07, 6.45) is 7.79. The molecule has 1 amide bonds. The van der Waals surface area contributed by atoms with Gasteiger partial charge in [-0.15, -0.1) is 12.3 Å². The molecule has 0 saturated carbocycles. The monoisotopic (exact) mass is 238 g/mol. The number of fused-ring (bicyclic) bond motifs is 1. The summed E-state index contributed by atoms with van der Waals surface area (Å²) in [5.74, 6) is 2.90. The number of carbonyl (C=O) groups excluding carboxylic acids is 1. The van der Waals surface area contributed by atoms with Crippen molar-refractivity contribution < 1.29 is 4.79 Å². The van der Waals surface area contributed by atoms with Crippen LogP contribution in [-0.2, 0) is 11.3 Å². The number of hydrogen-bond acceptors (Lipinski definition) is 1. The van der Waals surface area contributed by atoms with Crippen molar-refractivity contribution in [3.8, 4) is 12.3 Å². The number of nitrogens with one attached hydrogen (secondary N) is 1. The number of benzene rings is 1. The normalized spacial score (nSPS) is 19.4. The van der Waals surface area contributed by atoms with E-state index in [1.165, 1.54) is 5.39 Å². The van der Waals surface area contributed by atoms with Crippen LogP contribution in [0.5, 0.6) is 0 Å². The van der Waals surface area contributed by atoms with Crippen molar-refractivity contribution in [1.29, 1.82) is 0 Å². The van der Waals surface area contributed by atoms with Crippen LogP contribution in [0.2, 0.25) is 0 Å². The van der Waals surface area contributed by atoms with Gasteiger partial charge in [-0.3, -0.25) is 4.79 Å². The van der Waals surface area contributed by atoms with Gasteiger partial charge in [-0.25, -0.2) is 0 Å². The predicted octanol–water partition coefficient (Wildman–Crippen LogP) is 2.15. The zero-order valence-corrected chi connectivity index (χ0v) is 10.0. The lowest BCUT2D eigenvalue weighted by atomic mass is 10.1. The van der Waals surface area contributed by atoms with Gasteiger partial charge in [0.1, 0.15) is 0 Å². The Morgan fingerprint density at radius 1 is 1.44 bits per heavy atom. The highest BCUT2D eigenvalue weighted by Gasteiger charge is 2.27. The summed E-state index contributed by atoms with van der Waals surface area (Å²) >= 11 is 0. The molecular formula is C15H14N2O. The number of amides is 1. The van der Waals surface area contributed by atoms with Crippen molar-refractivity contribution in [3.05, 3.63) is 36.0 Å². The molecule has 18 heavy (non-hydrogen) atoms. The van der Waals surface area contributed by atoms with E-state index in [0.29, 0.717) is 19.5 Å². The first-order valence-electron chi connectivity index (χ1n) is 6.06. The number of hydrogen-bond donors (Lipinski definition) is 1. The van der Waals surface area contributed by atoms with E-state index in [1.54, 1.807) is 0 Å². The van der Waals surface area contributed by atoms with Gasteiger partial charge < -0.3 is 9.88 Å². The fourth-order valence-corrected chi connectivity index (χ4v) is 2.46. The van der Waals surface area contributed by atoms with Crippen LogP contribution in [0, 0.1) is 18.3 Å². The Hall–Kier alpha value is -2.21. The number of aromatic amines is 1. The van der Waals surface area contributed by atoms with Crippen LogP contribution in [0.3, 0.4) is 0 Å². The molecule has 3 heteroatoms. The third-order valence-corrected chi connectivity index (χ3v) is 3.44. The summed E-state index contributed by atoms with van der Waals surface area (Å²) in [6.45, 7) is 1.33. The molecule has 0 spiro atoms. The van der Waals surface area contributed by atoms with Crippen molar-refractivity contribution in [3.63, 3.8) is 0 Å². The molecule has 0 bridgehead atoms. The van der Waals surface area contributed by atoms with E-state index < -0.39 is 0 Å². The maximum atomic E-state index is 11.8. The smallest absolute Gasteiger partial charge is 0.224 e. The summed E-state index contributed by atoms with van der Waals surface area (Å²) in [6, 6.07) is 8.25. The standard InChI is InChI=1S/C15H14N2O/c1-2-11-8-15(18)17(9-11)10-12-3-4-14-13(7-12)5-6-16-14/h1,3-7,11,16H,8-10H2. The molecule has 3 rings (SSSR count). The SMILES string of the molecule is C#CC1CC(=O)N(Cc2ccc3[nH]ccc3c2)C1. The van der Waals surface area contributed by atoms with Crippen LogP contribution >= 0.6 is 0 Å². The Balaban J connectivity index is 1.80. The average Bonchev–Trinajstić information content (AvgIpc) is 2.96. The highest BCUT2D eigenvalue weighted by molar-refractivity contribution is 5.81. The maximum Gasteiger partial charge on any atom is 0.224 e. The Morgan fingerprint density at radius 2 is 2.33 bits per heavy atom. The van der Waals surface area contributed by atoms with Crippen molar-refractivity contribution in [1.82, 2.24) is 9.88 Å². The van der Waals surface area contributed by atoms with Crippen molar-refractivity contribution in [2.24, 2.45) is 5.92 Å². The first-order valence-corrected chi connectivity index (χ1v) is 6.06. The van der Waals surface area contributed by atoms with Gasteiger partial charge in [0.05, 0.1) is 0 Å². The zero-order chi connectivity index (χ0) is 12.5. The molecule has 1 aliphatic heterocycles. The number of terminal acetylenes is 1. The van der Waals surface area contributed by atoms with Crippen molar-refractivity contribution in [2.75, 3.05) is 6.54 Å². The number of likely N-dealkylation sites (tertiary alicyclic amines) is 1. The molecule has 1 aliphatic rings. The van der Waals surface area contributed by atoms with Crippen molar-refractivity contribution >= 4 is 16.8 Å². The fraction of sp³-hybridized carbons (Fsp3) is 0.267. The molecule has 3 nitrogen and oxygen atoms in total. The predicted molar refractivity (Wildman–Crippen MR) is 70.7 cm³/mol. The maximum absolute atomic E-state index is 11.8. The lowest BCUT2D eigenvalue weighted by Gasteiger charge is -2.15. The van der Waals surface area contributed by atoms with Gasteiger partial charge >= 0.3 is 0 Å². The molecule has 2 heterocycles. The average molecular weight is 238 g/mol. The largest absolute Gasteiger partial charge is 0.361 e. The Bertz CT molecular complexity index is 635. The molecule has 1 aromatic carbocycles. The second kappa shape index (κ2) is 4.23. The summed E-state index contributed by atoms with van der Waals surface area (Å²) in [7, 11) is 0. The van der Waals surface area contributed by atoms with Crippen LogP contribution in [0.1, 0.15) is 12.0 Å². The van der Waals surface area contributed by atoms with E-state index in [4.69, 9.17) is 6.42 Å². The summed E-state index contributed by atoms with van der Waals surface area (Å²) in [5.41, 5.74) is 2.26. The Morgan fingerprint density at radius 3 is 3.11 bits per heavy atom. The number of nitrogens with zero attached hydrogens (tertiary/aromatic N) is 1. The van der Waals surface area contributed by atoms with E-state index in [-0.39, 0.29) is 11.8 Å². The molecule has 1 atom stereocenters. The van der Waals surface area contributed by atoms with Gasteiger partial charge in [-0.2, -0.15) is 0 Å². The van der Waals surface area contributed by atoms with E-state index in [1.807, 2.05) is 23.2 Å². The van der Waals surface area contributed by atoms with Crippen LogP contribution < -0.4 is 0 Å². The second-order valence-electron chi connectivity index (χ2n) is 4.74. The van der Waals surface area contributed by atoms with E-state index in [0.717, 1.165) is 11.1 Å². The minimum Gasteiger partial charge on any atom is -0.361 e. The first kappa shape index (κ1) is 10.9. The second-order valence-corrected chi connectivity index (χ2v) is 4.74. The number of carbonyl (C=O) groups is 1. The Kier molecular flexibility index (Phi) is 2.56. The molecule has 1 N–H and O–H groups in total. The number of aromatic nitrogens is 1. The summed E-state index contributed by atoms with van der Waals surface area (Å²) in [5, 5.41) is 1.17. The van der Waals surface area contributed by atoms with Crippen LogP contribution in [-0.4, -0.2) is 22.3 Å².